The second kappa shape index (κ2) is 3.11. The first-order valence-corrected chi connectivity index (χ1v) is 4.79. The molecule has 0 aromatic heterocycles. The number of piperidine rings is 1. The molecule has 1 aliphatic carbocycles. The van der Waals surface area contributed by atoms with E-state index in [1.807, 2.05) is 0 Å². The van der Waals surface area contributed by atoms with Crippen LogP contribution >= 0.6 is 0 Å². The Morgan fingerprint density at radius 2 is 2.00 bits per heavy atom. The number of hydrogen-bond donors (Lipinski definition) is 1. The predicted octanol–water partition coefficient (Wildman–Crippen LogP) is 0.833. The van der Waals surface area contributed by atoms with Gasteiger partial charge in [0, 0.05) is 18.6 Å². The molecule has 0 aromatic carbocycles. The molecule has 0 amide bonds. The molecule has 1 atom stereocenters. The average molecular weight is 154 g/mol. The first-order valence-electron chi connectivity index (χ1n) is 4.79. The van der Waals surface area contributed by atoms with Crippen LogP contribution in [0.2, 0.25) is 0 Å². The van der Waals surface area contributed by atoms with Crippen molar-refractivity contribution in [1.29, 1.82) is 0 Å². The fourth-order valence-corrected chi connectivity index (χ4v) is 1.89. The van der Waals surface area contributed by atoms with Gasteiger partial charge in [-0.15, -0.1) is 0 Å². The number of nitrogens with zero attached hydrogens (tertiary/aromatic N) is 1. The van der Waals surface area contributed by atoms with Crippen molar-refractivity contribution in [2.24, 2.45) is 0 Å². The van der Waals surface area contributed by atoms with Crippen LogP contribution in [-0.2, 0) is 0 Å². The van der Waals surface area contributed by atoms with Gasteiger partial charge < -0.3 is 10.2 Å². The number of nitrogens with one attached hydrogen (secondary N) is 1. The Morgan fingerprint density at radius 1 is 1.18 bits per heavy atom. The van der Waals surface area contributed by atoms with Crippen molar-refractivity contribution in [3.63, 3.8) is 0 Å². The molecule has 0 aromatic rings. The number of rotatable bonds is 2. The summed E-state index contributed by atoms with van der Waals surface area (Å²) >= 11 is 0. The normalized spacial score (nSPS) is 34.1. The van der Waals surface area contributed by atoms with Crippen molar-refractivity contribution in [2.75, 3.05) is 20.1 Å². The van der Waals surface area contributed by atoms with Gasteiger partial charge in [0.15, 0.2) is 0 Å². The van der Waals surface area contributed by atoms with Crippen molar-refractivity contribution in [3.05, 3.63) is 0 Å². The lowest BCUT2D eigenvalue weighted by Crippen LogP contribution is -2.44. The zero-order valence-electron chi connectivity index (χ0n) is 7.34. The third-order valence-corrected chi connectivity index (χ3v) is 2.67. The maximum Gasteiger partial charge on any atom is 0.0197 e. The molecule has 2 fully saturated rings. The van der Waals surface area contributed by atoms with Crippen LogP contribution < -0.4 is 5.32 Å². The van der Waals surface area contributed by atoms with E-state index in [0.717, 1.165) is 12.1 Å². The van der Waals surface area contributed by atoms with E-state index in [2.05, 4.69) is 17.3 Å². The fraction of sp³-hybridized carbons (Fsp3) is 1.00. The van der Waals surface area contributed by atoms with Gasteiger partial charge in [0.05, 0.1) is 0 Å². The summed E-state index contributed by atoms with van der Waals surface area (Å²) in [6.07, 6.45) is 5.60. The summed E-state index contributed by atoms with van der Waals surface area (Å²) in [6.45, 7) is 2.55. The molecule has 0 bridgehead atoms. The van der Waals surface area contributed by atoms with Gasteiger partial charge in [-0.25, -0.2) is 0 Å². The molecule has 0 spiro atoms. The number of hydrogen-bond acceptors (Lipinski definition) is 2. The topological polar surface area (TPSA) is 15.3 Å². The maximum absolute atomic E-state index is 3.68. The Labute approximate surface area is 69.0 Å². The zero-order chi connectivity index (χ0) is 7.68. The zero-order valence-corrected chi connectivity index (χ0v) is 7.34. The smallest absolute Gasteiger partial charge is 0.0197 e. The molecule has 2 aliphatic rings. The number of likely N-dealkylation sites (tertiary alicyclic amines) is 1. The van der Waals surface area contributed by atoms with Crippen molar-refractivity contribution in [3.8, 4) is 0 Å². The maximum atomic E-state index is 3.68. The molecule has 0 unspecified atom stereocenters. The van der Waals surface area contributed by atoms with Gasteiger partial charge in [-0.05, 0) is 39.3 Å². The Hall–Kier alpha value is -0.0800. The lowest BCUT2D eigenvalue weighted by Gasteiger charge is -2.30. The van der Waals surface area contributed by atoms with Crippen LogP contribution in [0.25, 0.3) is 0 Å². The lowest BCUT2D eigenvalue weighted by molar-refractivity contribution is 0.226. The minimum absolute atomic E-state index is 0.793. The van der Waals surface area contributed by atoms with E-state index in [1.54, 1.807) is 0 Å². The van der Waals surface area contributed by atoms with E-state index in [0.29, 0.717) is 0 Å². The van der Waals surface area contributed by atoms with Crippen LogP contribution in [-0.4, -0.2) is 37.1 Å². The molecule has 1 aliphatic heterocycles. The SMILES string of the molecule is CN1CCC[C@@H](NC2CC2)C1. The summed E-state index contributed by atoms with van der Waals surface area (Å²) in [7, 11) is 2.22. The molecule has 2 nitrogen and oxygen atoms in total. The highest BCUT2D eigenvalue weighted by Crippen LogP contribution is 2.21. The molecule has 1 heterocycles. The Morgan fingerprint density at radius 3 is 2.64 bits per heavy atom. The van der Waals surface area contributed by atoms with Crippen LogP contribution in [0.3, 0.4) is 0 Å². The molecular weight excluding hydrogens is 136 g/mol. The summed E-state index contributed by atoms with van der Waals surface area (Å²) in [5.41, 5.74) is 0. The van der Waals surface area contributed by atoms with E-state index in [1.165, 1.54) is 38.8 Å². The summed E-state index contributed by atoms with van der Waals surface area (Å²) in [5.74, 6) is 0. The Kier molecular flexibility index (Phi) is 2.14. The van der Waals surface area contributed by atoms with Gasteiger partial charge in [0.25, 0.3) is 0 Å². The van der Waals surface area contributed by atoms with Gasteiger partial charge in [0.2, 0.25) is 0 Å². The minimum atomic E-state index is 0.793. The number of likely N-dealkylation sites (N-methyl/N-ethyl adjacent to an activating group) is 1. The summed E-state index contributed by atoms with van der Waals surface area (Å²) in [6, 6.07) is 1.67. The van der Waals surface area contributed by atoms with Crippen LogP contribution in [0.4, 0.5) is 0 Å². The molecular formula is C9H18N2. The third-order valence-electron chi connectivity index (χ3n) is 2.67. The third kappa shape index (κ3) is 2.17. The lowest BCUT2D eigenvalue weighted by atomic mass is 10.1. The Balaban J connectivity index is 1.73. The minimum Gasteiger partial charge on any atom is -0.310 e. The van der Waals surface area contributed by atoms with Crippen molar-refractivity contribution in [1.82, 2.24) is 10.2 Å². The van der Waals surface area contributed by atoms with Gasteiger partial charge in [-0.2, -0.15) is 0 Å². The van der Waals surface area contributed by atoms with Crippen molar-refractivity contribution < 1.29 is 0 Å². The van der Waals surface area contributed by atoms with Gasteiger partial charge in [0.1, 0.15) is 0 Å². The van der Waals surface area contributed by atoms with Crippen LogP contribution in [0, 0.1) is 0 Å². The van der Waals surface area contributed by atoms with Crippen molar-refractivity contribution >= 4 is 0 Å². The first kappa shape index (κ1) is 7.56. The van der Waals surface area contributed by atoms with Crippen molar-refractivity contribution in [2.45, 2.75) is 37.8 Å². The highest BCUT2D eigenvalue weighted by Gasteiger charge is 2.26. The Bertz CT molecular complexity index is 130. The van der Waals surface area contributed by atoms with E-state index in [9.17, 15) is 0 Å². The summed E-state index contributed by atoms with van der Waals surface area (Å²) in [4.78, 5) is 2.43. The highest BCUT2D eigenvalue weighted by atomic mass is 15.1. The standard InChI is InChI=1S/C9H18N2/c1-11-6-2-3-9(7-11)10-8-4-5-8/h8-10H,2-7H2,1H3/t9-/m1/s1. The molecule has 0 radical (unpaired) electrons. The molecule has 2 rings (SSSR count). The van der Waals surface area contributed by atoms with Crippen LogP contribution in [0.5, 0.6) is 0 Å². The molecule has 1 saturated carbocycles. The summed E-state index contributed by atoms with van der Waals surface area (Å²) < 4.78 is 0. The second-order valence-corrected chi connectivity index (χ2v) is 4.04. The quantitative estimate of drug-likeness (QED) is 0.634. The van der Waals surface area contributed by atoms with E-state index in [-0.39, 0.29) is 0 Å². The molecule has 11 heavy (non-hydrogen) atoms. The van der Waals surface area contributed by atoms with Gasteiger partial charge >= 0.3 is 0 Å². The van der Waals surface area contributed by atoms with Gasteiger partial charge in [-0.1, -0.05) is 0 Å². The fourth-order valence-electron chi connectivity index (χ4n) is 1.89. The second-order valence-electron chi connectivity index (χ2n) is 4.04. The van der Waals surface area contributed by atoms with E-state index in [4.69, 9.17) is 0 Å². The van der Waals surface area contributed by atoms with E-state index >= 15 is 0 Å². The largest absolute Gasteiger partial charge is 0.310 e. The van der Waals surface area contributed by atoms with Crippen LogP contribution in [0.15, 0.2) is 0 Å². The monoisotopic (exact) mass is 154 g/mol. The molecule has 1 N–H and O–H groups in total. The van der Waals surface area contributed by atoms with Gasteiger partial charge in [-0.3, -0.25) is 0 Å². The molecule has 2 heteroatoms. The molecule has 1 saturated heterocycles. The average Bonchev–Trinajstić information content (AvgIpc) is 2.71. The first-order chi connectivity index (χ1) is 5.34. The predicted molar refractivity (Wildman–Crippen MR) is 46.7 cm³/mol. The summed E-state index contributed by atoms with van der Waals surface area (Å²) in [5, 5.41) is 3.68. The highest BCUT2D eigenvalue weighted by molar-refractivity contribution is 4.87. The van der Waals surface area contributed by atoms with E-state index < -0.39 is 0 Å². The van der Waals surface area contributed by atoms with Crippen LogP contribution in [0.1, 0.15) is 25.7 Å². The molecule has 64 valence electrons.